The molecule has 35 heavy (non-hydrogen) atoms. The van der Waals surface area contributed by atoms with Crippen LogP contribution < -0.4 is 10.6 Å². The maximum absolute atomic E-state index is 13.4. The van der Waals surface area contributed by atoms with Gasteiger partial charge in [-0.1, -0.05) is 29.3 Å². The minimum absolute atomic E-state index is 0.115. The number of aromatic nitrogens is 1. The van der Waals surface area contributed by atoms with Crippen molar-refractivity contribution in [1.82, 2.24) is 14.6 Å². The van der Waals surface area contributed by atoms with Gasteiger partial charge in [-0.3, -0.25) is 9.78 Å². The maximum atomic E-state index is 13.4. The number of rotatable bonds is 7. The Hall–Kier alpha value is -2.68. The molecule has 1 atom stereocenters. The Morgan fingerprint density at radius 1 is 1.11 bits per heavy atom. The Morgan fingerprint density at radius 3 is 2.60 bits per heavy atom. The summed E-state index contributed by atoms with van der Waals surface area (Å²) < 4.78 is 28.3. The number of nitrogens with zero attached hydrogens (tertiary/aromatic N) is 2. The highest BCUT2D eigenvalue weighted by atomic mass is 35.5. The van der Waals surface area contributed by atoms with Gasteiger partial charge in [-0.15, -0.1) is 0 Å². The predicted octanol–water partition coefficient (Wildman–Crippen LogP) is 4.44. The molecule has 0 aliphatic carbocycles. The molecule has 186 valence electrons. The highest BCUT2D eigenvalue weighted by Crippen LogP contribution is 2.29. The lowest BCUT2D eigenvalue weighted by Gasteiger charge is -2.32. The molecule has 0 unspecified atom stereocenters. The van der Waals surface area contributed by atoms with E-state index in [1.807, 2.05) is 57.2 Å². The molecule has 2 heterocycles. The minimum atomic E-state index is -3.67. The first-order chi connectivity index (χ1) is 16.7. The highest BCUT2D eigenvalue weighted by Gasteiger charge is 2.34. The van der Waals surface area contributed by atoms with Crippen molar-refractivity contribution in [3.63, 3.8) is 0 Å². The Morgan fingerprint density at radius 2 is 1.86 bits per heavy atom. The van der Waals surface area contributed by atoms with Gasteiger partial charge in [-0.05, 0) is 69.0 Å². The van der Waals surface area contributed by atoms with Gasteiger partial charge < -0.3 is 10.6 Å². The summed E-state index contributed by atoms with van der Waals surface area (Å²) in [5, 5.41) is 7.88. The molecule has 1 saturated heterocycles. The Kier molecular flexibility index (Phi) is 7.64. The van der Waals surface area contributed by atoms with Crippen molar-refractivity contribution in [2.75, 3.05) is 31.5 Å². The largest absolute Gasteiger partial charge is 0.383 e. The third-order valence-electron chi connectivity index (χ3n) is 6.40. The zero-order chi connectivity index (χ0) is 25.2. The van der Waals surface area contributed by atoms with Crippen LogP contribution in [0, 0.1) is 26.7 Å². The van der Waals surface area contributed by atoms with Crippen molar-refractivity contribution in [2.24, 2.45) is 5.92 Å². The number of piperidine rings is 1. The van der Waals surface area contributed by atoms with Crippen LogP contribution in [0.2, 0.25) is 5.02 Å². The van der Waals surface area contributed by atoms with E-state index in [0.29, 0.717) is 42.4 Å². The van der Waals surface area contributed by atoms with Gasteiger partial charge >= 0.3 is 0 Å². The molecular weight excluding hydrogens is 484 g/mol. The number of fused-ring (bicyclic) bond motifs is 1. The lowest BCUT2D eigenvalue weighted by Crippen LogP contribution is -2.46. The summed E-state index contributed by atoms with van der Waals surface area (Å²) in [4.78, 5) is 17.6. The topological polar surface area (TPSA) is 91.4 Å². The first kappa shape index (κ1) is 25.4. The lowest BCUT2D eigenvalue weighted by molar-refractivity contribution is -0.125. The fourth-order valence-corrected chi connectivity index (χ4v) is 6.98. The van der Waals surface area contributed by atoms with Crippen LogP contribution in [0.3, 0.4) is 0 Å². The van der Waals surface area contributed by atoms with Crippen LogP contribution in [0.1, 0.15) is 29.5 Å². The molecule has 9 heteroatoms. The molecule has 1 fully saturated rings. The molecule has 1 aliphatic rings. The van der Waals surface area contributed by atoms with E-state index in [0.717, 1.165) is 33.3 Å². The van der Waals surface area contributed by atoms with E-state index in [4.69, 9.17) is 11.6 Å². The number of carbonyl (C=O) groups is 1. The number of sulfonamides is 1. The molecule has 0 saturated carbocycles. The Balaban J connectivity index is 1.35. The zero-order valence-electron chi connectivity index (χ0n) is 20.3. The van der Waals surface area contributed by atoms with E-state index in [1.165, 1.54) is 4.31 Å². The number of halogens is 1. The average molecular weight is 515 g/mol. The molecule has 0 bridgehead atoms. The molecule has 0 radical (unpaired) electrons. The normalized spacial score (nSPS) is 16.9. The first-order valence-corrected chi connectivity index (χ1v) is 13.6. The number of nitrogens with one attached hydrogen (secondary N) is 2. The maximum Gasteiger partial charge on any atom is 0.243 e. The van der Waals surface area contributed by atoms with E-state index >= 15 is 0 Å². The van der Waals surface area contributed by atoms with Crippen LogP contribution in [0.25, 0.3) is 10.9 Å². The van der Waals surface area contributed by atoms with Crippen molar-refractivity contribution >= 4 is 44.1 Å². The molecule has 1 amide bonds. The van der Waals surface area contributed by atoms with Crippen molar-refractivity contribution in [3.05, 3.63) is 64.3 Å². The van der Waals surface area contributed by atoms with Crippen molar-refractivity contribution in [1.29, 1.82) is 0 Å². The van der Waals surface area contributed by atoms with Gasteiger partial charge in [0.15, 0.2) is 0 Å². The molecule has 2 N–H and O–H groups in total. The van der Waals surface area contributed by atoms with Gasteiger partial charge in [0.25, 0.3) is 0 Å². The SMILES string of the molecule is Cc1cc(C)c(S(=O)(=O)N2CCC[C@H](C(=O)NCCNc3ccnc4cc(Cl)ccc34)C2)c(C)c1. The zero-order valence-corrected chi connectivity index (χ0v) is 21.8. The monoisotopic (exact) mass is 514 g/mol. The molecule has 1 aromatic heterocycles. The molecule has 0 spiro atoms. The van der Waals surface area contributed by atoms with Crippen molar-refractivity contribution in [3.8, 4) is 0 Å². The number of hydrogen-bond acceptors (Lipinski definition) is 5. The fourth-order valence-electron chi connectivity index (χ4n) is 4.88. The van der Waals surface area contributed by atoms with Crippen LogP contribution in [-0.2, 0) is 14.8 Å². The van der Waals surface area contributed by atoms with Gasteiger partial charge in [0.1, 0.15) is 0 Å². The summed E-state index contributed by atoms with van der Waals surface area (Å²) in [6.45, 7) is 7.20. The third-order valence-corrected chi connectivity index (χ3v) is 8.81. The number of pyridine rings is 1. The number of amides is 1. The molecule has 1 aliphatic heterocycles. The summed E-state index contributed by atoms with van der Waals surface area (Å²) in [7, 11) is -3.67. The summed E-state index contributed by atoms with van der Waals surface area (Å²) in [5.41, 5.74) is 4.23. The van der Waals surface area contributed by atoms with Crippen molar-refractivity contribution in [2.45, 2.75) is 38.5 Å². The highest BCUT2D eigenvalue weighted by molar-refractivity contribution is 7.89. The smallest absolute Gasteiger partial charge is 0.243 e. The number of hydrogen-bond donors (Lipinski definition) is 2. The molecule has 4 rings (SSSR count). The van der Waals surface area contributed by atoms with Crippen LogP contribution in [0.5, 0.6) is 0 Å². The van der Waals surface area contributed by atoms with E-state index in [2.05, 4.69) is 15.6 Å². The minimum Gasteiger partial charge on any atom is -0.383 e. The van der Waals surface area contributed by atoms with E-state index < -0.39 is 10.0 Å². The Bertz CT molecular complexity index is 1340. The van der Waals surface area contributed by atoms with E-state index in [9.17, 15) is 13.2 Å². The average Bonchev–Trinajstić information content (AvgIpc) is 2.80. The predicted molar refractivity (Wildman–Crippen MR) is 140 cm³/mol. The molecule has 3 aromatic rings. The van der Waals surface area contributed by atoms with Gasteiger partial charge in [-0.25, -0.2) is 8.42 Å². The van der Waals surface area contributed by atoms with E-state index in [1.54, 1.807) is 6.20 Å². The molecule has 7 nitrogen and oxygen atoms in total. The van der Waals surface area contributed by atoms with Gasteiger partial charge in [0, 0.05) is 48.5 Å². The first-order valence-electron chi connectivity index (χ1n) is 11.8. The quantitative estimate of drug-likeness (QED) is 0.455. The third kappa shape index (κ3) is 5.60. The number of benzene rings is 2. The van der Waals surface area contributed by atoms with Crippen LogP contribution in [-0.4, -0.2) is 49.8 Å². The Labute approximate surface area is 211 Å². The van der Waals surface area contributed by atoms with Gasteiger partial charge in [0.2, 0.25) is 15.9 Å². The number of anilines is 1. The summed E-state index contributed by atoms with van der Waals surface area (Å²) in [5.74, 6) is -0.482. The molecular formula is C26H31ClN4O3S. The lowest BCUT2D eigenvalue weighted by atomic mass is 9.99. The van der Waals surface area contributed by atoms with Gasteiger partial charge in [0.05, 0.1) is 16.3 Å². The number of carbonyl (C=O) groups excluding carboxylic acids is 1. The molecule has 2 aromatic carbocycles. The second kappa shape index (κ2) is 10.5. The van der Waals surface area contributed by atoms with Crippen LogP contribution in [0.4, 0.5) is 5.69 Å². The summed E-state index contributed by atoms with van der Waals surface area (Å²) >= 11 is 6.05. The second-order valence-electron chi connectivity index (χ2n) is 9.17. The summed E-state index contributed by atoms with van der Waals surface area (Å²) in [6, 6.07) is 11.2. The van der Waals surface area contributed by atoms with Crippen LogP contribution in [0.15, 0.2) is 47.5 Å². The van der Waals surface area contributed by atoms with E-state index in [-0.39, 0.29) is 18.4 Å². The summed E-state index contributed by atoms with van der Waals surface area (Å²) in [6.07, 6.45) is 3.05. The number of aryl methyl sites for hydroxylation is 3. The second-order valence-corrected chi connectivity index (χ2v) is 11.5. The fraction of sp³-hybridized carbons (Fsp3) is 0.385. The van der Waals surface area contributed by atoms with Crippen LogP contribution >= 0.6 is 11.6 Å². The standard InChI is InChI=1S/C26H31ClN4O3S/c1-17-13-18(2)25(19(3)14-17)35(33,34)31-12-4-5-20(16-31)26(32)30-11-10-29-23-8-9-28-24-15-21(27)6-7-22(23)24/h6-9,13-15,20H,4-5,10-12,16H2,1-3H3,(H,28,29)(H,30,32)/t20-/m0/s1. The van der Waals surface area contributed by atoms with Crippen molar-refractivity contribution < 1.29 is 13.2 Å². The van der Waals surface area contributed by atoms with Gasteiger partial charge in [-0.2, -0.15) is 4.31 Å².